The summed E-state index contributed by atoms with van der Waals surface area (Å²) in [4.78, 5) is 28.4. The van der Waals surface area contributed by atoms with Gasteiger partial charge in [0.05, 0.1) is 26.2 Å². The number of amides is 2. The molecule has 1 atom stereocenters. The molecule has 0 aliphatic heterocycles. The molecular formula is C30H32Cl2F3N3O4S. The second-order valence-electron chi connectivity index (χ2n) is 10.8. The number of anilines is 1. The molecule has 0 fully saturated rings. The van der Waals surface area contributed by atoms with Gasteiger partial charge in [-0.1, -0.05) is 60.5 Å². The van der Waals surface area contributed by atoms with Gasteiger partial charge in [0.1, 0.15) is 12.6 Å². The summed E-state index contributed by atoms with van der Waals surface area (Å²) in [5, 5.41) is 3.31. The van der Waals surface area contributed by atoms with Gasteiger partial charge in [-0.25, -0.2) is 8.42 Å². The molecule has 3 aromatic carbocycles. The Morgan fingerprint density at radius 3 is 2.12 bits per heavy atom. The number of carbonyl (C=O) groups excluding carboxylic acids is 2. The molecule has 2 amide bonds. The van der Waals surface area contributed by atoms with Crippen LogP contribution in [0, 0.1) is 0 Å². The van der Waals surface area contributed by atoms with Crippen molar-refractivity contribution in [3.8, 4) is 0 Å². The van der Waals surface area contributed by atoms with Crippen LogP contribution in [-0.2, 0) is 32.3 Å². The van der Waals surface area contributed by atoms with Crippen molar-refractivity contribution < 1.29 is 31.2 Å². The van der Waals surface area contributed by atoms with Crippen LogP contribution >= 0.6 is 23.2 Å². The van der Waals surface area contributed by atoms with E-state index in [9.17, 15) is 31.2 Å². The maximum Gasteiger partial charge on any atom is 0.416 e. The molecule has 43 heavy (non-hydrogen) atoms. The molecule has 232 valence electrons. The summed E-state index contributed by atoms with van der Waals surface area (Å²) >= 11 is 12.2. The number of carbonyl (C=O) groups is 2. The normalized spacial score (nSPS) is 12.9. The van der Waals surface area contributed by atoms with Gasteiger partial charge in [-0.05, 0) is 75.2 Å². The van der Waals surface area contributed by atoms with Gasteiger partial charge < -0.3 is 10.2 Å². The standard InChI is InChI=1S/C30H32Cl2F3N3O4S/c1-5-26(28(40)36-29(2,3)4)37(18-20-14-15-24(31)25(32)16-20)27(39)19-38(43(41,42)23-12-7-6-8-13-23)22-11-9-10-21(17-22)30(33,34)35/h6-17,26H,5,18-19H2,1-4H3,(H,36,40)/t26-/m1/s1. The zero-order valence-corrected chi connectivity index (χ0v) is 26.3. The zero-order chi connectivity index (χ0) is 32.2. The van der Waals surface area contributed by atoms with Crippen LogP contribution in [0.25, 0.3) is 0 Å². The van der Waals surface area contributed by atoms with Crippen molar-refractivity contribution in [2.45, 2.75) is 63.3 Å². The lowest BCUT2D eigenvalue weighted by atomic mass is 10.1. The van der Waals surface area contributed by atoms with Crippen LogP contribution in [0.15, 0.2) is 77.7 Å². The Morgan fingerprint density at radius 2 is 1.56 bits per heavy atom. The Hall–Kier alpha value is -3.28. The Balaban J connectivity index is 2.13. The Labute approximate surface area is 259 Å². The molecule has 3 rings (SSSR count). The average molecular weight is 659 g/mol. The molecule has 13 heteroatoms. The minimum Gasteiger partial charge on any atom is -0.350 e. The van der Waals surface area contributed by atoms with Crippen molar-refractivity contribution >= 4 is 50.7 Å². The fourth-order valence-electron chi connectivity index (χ4n) is 4.29. The van der Waals surface area contributed by atoms with E-state index in [-0.39, 0.29) is 33.6 Å². The largest absolute Gasteiger partial charge is 0.416 e. The molecule has 1 N–H and O–H groups in total. The van der Waals surface area contributed by atoms with Crippen molar-refractivity contribution in [2.24, 2.45) is 0 Å². The maximum atomic E-state index is 14.1. The number of hydrogen-bond acceptors (Lipinski definition) is 4. The average Bonchev–Trinajstić information content (AvgIpc) is 2.92. The van der Waals surface area contributed by atoms with Crippen LogP contribution in [-0.4, -0.2) is 43.3 Å². The summed E-state index contributed by atoms with van der Waals surface area (Å²) in [7, 11) is -4.53. The zero-order valence-electron chi connectivity index (χ0n) is 24.0. The number of benzene rings is 3. The number of alkyl halides is 3. The number of nitrogens with zero attached hydrogens (tertiary/aromatic N) is 2. The van der Waals surface area contributed by atoms with E-state index in [1.807, 2.05) is 0 Å². The summed E-state index contributed by atoms with van der Waals surface area (Å²) in [5.74, 6) is -1.31. The monoisotopic (exact) mass is 657 g/mol. The van der Waals surface area contributed by atoms with Gasteiger partial charge >= 0.3 is 6.18 Å². The quantitative estimate of drug-likeness (QED) is 0.256. The molecule has 0 aromatic heterocycles. The van der Waals surface area contributed by atoms with E-state index >= 15 is 0 Å². The van der Waals surface area contributed by atoms with E-state index in [1.54, 1.807) is 39.8 Å². The molecule has 0 bridgehead atoms. The highest BCUT2D eigenvalue weighted by Crippen LogP contribution is 2.33. The summed E-state index contributed by atoms with van der Waals surface area (Å²) in [6.07, 6.45) is -4.61. The number of halogens is 5. The lowest BCUT2D eigenvalue weighted by Gasteiger charge is -2.35. The second kappa shape index (κ2) is 13.6. The van der Waals surface area contributed by atoms with Gasteiger partial charge in [-0.15, -0.1) is 0 Å². The fraction of sp³-hybridized carbons (Fsp3) is 0.333. The lowest BCUT2D eigenvalue weighted by molar-refractivity contribution is -0.141. The van der Waals surface area contributed by atoms with Gasteiger partial charge in [-0.3, -0.25) is 13.9 Å². The van der Waals surface area contributed by atoms with Crippen LogP contribution in [0.4, 0.5) is 18.9 Å². The molecule has 0 saturated heterocycles. The minimum atomic E-state index is -4.76. The third kappa shape index (κ3) is 8.87. The van der Waals surface area contributed by atoms with Gasteiger partial charge in [0, 0.05) is 12.1 Å². The number of rotatable bonds is 10. The van der Waals surface area contributed by atoms with Crippen molar-refractivity contribution in [1.29, 1.82) is 0 Å². The number of nitrogens with one attached hydrogen (secondary N) is 1. The molecule has 0 heterocycles. The summed E-state index contributed by atoms with van der Waals surface area (Å²) in [5.41, 5.74) is -1.60. The van der Waals surface area contributed by atoms with Gasteiger partial charge in [0.15, 0.2) is 0 Å². The molecule has 0 saturated carbocycles. The molecule has 7 nitrogen and oxygen atoms in total. The predicted molar refractivity (Wildman–Crippen MR) is 161 cm³/mol. The molecule has 0 radical (unpaired) electrons. The smallest absolute Gasteiger partial charge is 0.350 e. The first-order valence-electron chi connectivity index (χ1n) is 13.2. The topological polar surface area (TPSA) is 86.8 Å². The number of sulfonamides is 1. The number of hydrogen-bond donors (Lipinski definition) is 1. The summed E-state index contributed by atoms with van der Waals surface area (Å²) in [6.45, 7) is 5.94. The highest BCUT2D eigenvalue weighted by molar-refractivity contribution is 7.92. The molecular weight excluding hydrogens is 626 g/mol. The lowest BCUT2D eigenvalue weighted by Crippen LogP contribution is -2.55. The van der Waals surface area contributed by atoms with Crippen LogP contribution in [0.5, 0.6) is 0 Å². The third-order valence-electron chi connectivity index (χ3n) is 6.29. The van der Waals surface area contributed by atoms with E-state index in [4.69, 9.17) is 23.2 Å². The second-order valence-corrected chi connectivity index (χ2v) is 13.5. The van der Waals surface area contributed by atoms with Crippen LogP contribution < -0.4 is 9.62 Å². The van der Waals surface area contributed by atoms with Crippen LogP contribution in [0.2, 0.25) is 10.0 Å². The van der Waals surface area contributed by atoms with Crippen molar-refractivity contribution in [3.63, 3.8) is 0 Å². The molecule has 0 aliphatic rings. The van der Waals surface area contributed by atoms with E-state index in [2.05, 4.69) is 5.32 Å². The van der Waals surface area contributed by atoms with Crippen molar-refractivity contribution in [1.82, 2.24) is 10.2 Å². The highest BCUT2D eigenvalue weighted by atomic mass is 35.5. The first kappa shape index (κ1) is 34.2. The van der Waals surface area contributed by atoms with E-state index < -0.39 is 51.7 Å². The van der Waals surface area contributed by atoms with Crippen LogP contribution in [0.3, 0.4) is 0 Å². The van der Waals surface area contributed by atoms with E-state index in [1.165, 1.54) is 47.4 Å². The van der Waals surface area contributed by atoms with Crippen molar-refractivity contribution in [2.75, 3.05) is 10.8 Å². The summed E-state index contributed by atoms with van der Waals surface area (Å²) < 4.78 is 69.1. The third-order valence-corrected chi connectivity index (χ3v) is 8.82. The molecule has 0 aliphatic carbocycles. The molecule has 3 aromatic rings. The molecule has 0 spiro atoms. The fourth-order valence-corrected chi connectivity index (χ4v) is 6.04. The highest BCUT2D eigenvalue weighted by Gasteiger charge is 2.36. The van der Waals surface area contributed by atoms with E-state index in [0.29, 0.717) is 15.9 Å². The van der Waals surface area contributed by atoms with Gasteiger partial charge in [0.25, 0.3) is 10.0 Å². The summed E-state index contributed by atoms with van der Waals surface area (Å²) in [6, 6.07) is 14.4. The first-order chi connectivity index (χ1) is 19.9. The Bertz CT molecular complexity index is 1560. The SMILES string of the molecule is CC[C@H](C(=O)NC(C)(C)C)N(Cc1ccc(Cl)c(Cl)c1)C(=O)CN(c1cccc(C(F)(F)F)c1)S(=O)(=O)c1ccccc1. The Kier molecular flexibility index (Phi) is 10.8. The first-order valence-corrected chi connectivity index (χ1v) is 15.4. The van der Waals surface area contributed by atoms with E-state index in [0.717, 1.165) is 12.1 Å². The van der Waals surface area contributed by atoms with Crippen LogP contribution in [0.1, 0.15) is 45.2 Å². The van der Waals surface area contributed by atoms with Crippen molar-refractivity contribution in [3.05, 3.63) is 94.0 Å². The Morgan fingerprint density at radius 1 is 0.907 bits per heavy atom. The molecule has 0 unspecified atom stereocenters. The van der Waals surface area contributed by atoms with Gasteiger partial charge in [0.2, 0.25) is 11.8 Å². The maximum absolute atomic E-state index is 14.1. The minimum absolute atomic E-state index is 0.157. The predicted octanol–water partition coefficient (Wildman–Crippen LogP) is 6.93. The van der Waals surface area contributed by atoms with Gasteiger partial charge in [-0.2, -0.15) is 13.2 Å².